The molecule has 0 aromatic heterocycles. The Balaban J connectivity index is 1.89. The highest BCUT2D eigenvalue weighted by molar-refractivity contribution is 6.07. The van der Waals surface area contributed by atoms with Gasteiger partial charge >= 0.3 is 0 Å². The lowest BCUT2D eigenvalue weighted by molar-refractivity contribution is -0.119. The topological polar surface area (TPSA) is 37.4 Å². The molecule has 0 saturated carbocycles. The SMILES string of the molecule is O=C1CCCC2=C1C(c1ccccc1F)CC(=O)N2c1ccccc1. The lowest BCUT2D eigenvalue weighted by atomic mass is 9.77. The first kappa shape index (κ1) is 15.8. The first-order valence-electron chi connectivity index (χ1n) is 8.55. The summed E-state index contributed by atoms with van der Waals surface area (Å²) in [6, 6.07) is 15.8. The van der Waals surface area contributed by atoms with Crippen molar-refractivity contribution >= 4 is 17.4 Å². The average molecular weight is 335 g/mol. The van der Waals surface area contributed by atoms with Crippen molar-refractivity contribution in [3.05, 3.63) is 77.2 Å². The molecule has 1 unspecified atom stereocenters. The molecule has 1 aliphatic carbocycles. The minimum atomic E-state index is -0.489. The quantitative estimate of drug-likeness (QED) is 0.818. The predicted octanol–water partition coefficient (Wildman–Crippen LogP) is 4.35. The van der Waals surface area contributed by atoms with Crippen LogP contribution in [-0.2, 0) is 9.59 Å². The molecule has 126 valence electrons. The van der Waals surface area contributed by atoms with Crippen LogP contribution in [0.4, 0.5) is 10.1 Å². The van der Waals surface area contributed by atoms with E-state index in [9.17, 15) is 14.0 Å². The van der Waals surface area contributed by atoms with Crippen molar-refractivity contribution in [2.45, 2.75) is 31.6 Å². The molecule has 25 heavy (non-hydrogen) atoms. The van der Waals surface area contributed by atoms with Crippen molar-refractivity contribution in [1.29, 1.82) is 0 Å². The minimum Gasteiger partial charge on any atom is -0.294 e. The number of para-hydroxylation sites is 1. The van der Waals surface area contributed by atoms with E-state index < -0.39 is 5.92 Å². The Morgan fingerprint density at radius 2 is 1.64 bits per heavy atom. The standard InChI is InChI=1S/C21H18FNO2/c22-17-10-5-4-9-15(17)16-13-20(25)23(14-7-2-1-3-8-14)18-11-6-12-19(24)21(16)18/h1-5,7-10,16H,6,11-13H2. The minimum absolute atomic E-state index is 0.0305. The zero-order valence-corrected chi connectivity index (χ0v) is 13.7. The molecule has 0 spiro atoms. The van der Waals surface area contributed by atoms with Crippen LogP contribution in [0.3, 0.4) is 0 Å². The van der Waals surface area contributed by atoms with E-state index in [2.05, 4.69) is 0 Å². The fourth-order valence-electron chi connectivity index (χ4n) is 3.89. The summed E-state index contributed by atoms with van der Waals surface area (Å²) in [5, 5.41) is 0. The van der Waals surface area contributed by atoms with E-state index in [1.807, 2.05) is 30.3 Å². The predicted molar refractivity (Wildman–Crippen MR) is 93.6 cm³/mol. The summed E-state index contributed by atoms with van der Waals surface area (Å²) in [5.74, 6) is -0.911. The van der Waals surface area contributed by atoms with Crippen molar-refractivity contribution in [3.8, 4) is 0 Å². The number of halogens is 1. The van der Waals surface area contributed by atoms with Gasteiger partial charge in [0.1, 0.15) is 5.82 Å². The van der Waals surface area contributed by atoms with Gasteiger partial charge in [0.2, 0.25) is 5.91 Å². The van der Waals surface area contributed by atoms with Crippen LogP contribution >= 0.6 is 0 Å². The Morgan fingerprint density at radius 3 is 2.40 bits per heavy atom. The van der Waals surface area contributed by atoms with Crippen LogP contribution < -0.4 is 4.90 Å². The molecule has 1 amide bonds. The first-order valence-corrected chi connectivity index (χ1v) is 8.55. The third-order valence-electron chi connectivity index (χ3n) is 4.97. The molecule has 4 rings (SSSR count). The molecule has 3 nitrogen and oxygen atoms in total. The molecule has 4 heteroatoms. The van der Waals surface area contributed by atoms with E-state index in [0.29, 0.717) is 24.0 Å². The van der Waals surface area contributed by atoms with Gasteiger partial charge in [0, 0.05) is 35.7 Å². The zero-order chi connectivity index (χ0) is 17.4. The number of benzene rings is 2. The number of amides is 1. The lowest BCUT2D eigenvalue weighted by Crippen LogP contribution is -2.40. The highest BCUT2D eigenvalue weighted by atomic mass is 19.1. The van der Waals surface area contributed by atoms with Crippen molar-refractivity contribution in [3.63, 3.8) is 0 Å². The summed E-state index contributed by atoms with van der Waals surface area (Å²) < 4.78 is 14.3. The number of rotatable bonds is 2. The van der Waals surface area contributed by atoms with Crippen molar-refractivity contribution in [1.82, 2.24) is 0 Å². The number of Topliss-reactive ketones (excluding diaryl/α,β-unsaturated/α-hetero) is 1. The van der Waals surface area contributed by atoms with Crippen LogP contribution in [-0.4, -0.2) is 11.7 Å². The Labute approximate surface area is 145 Å². The van der Waals surface area contributed by atoms with Crippen LogP contribution in [0.5, 0.6) is 0 Å². The fourth-order valence-corrected chi connectivity index (χ4v) is 3.89. The maximum absolute atomic E-state index is 14.3. The zero-order valence-electron chi connectivity index (χ0n) is 13.7. The van der Waals surface area contributed by atoms with Gasteiger partial charge in [0.15, 0.2) is 5.78 Å². The van der Waals surface area contributed by atoms with Crippen LogP contribution in [0.2, 0.25) is 0 Å². The second-order valence-corrected chi connectivity index (χ2v) is 6.48. The second-order valence-electron chi connectivity index (χ2n) is 6.48. The summed E-state index contributed by atoms with van der Waals surface area (Å²) in [6.07, 6.45) is 1.95. The molecule has 1 heterocycles. The van der Waals surface area contributed by atoms with Crippen LogP contribution in [0, 0.1) is 5.82 Å². The molecule has 0 bridgehead atoms. The second kappa shape index (κ2) is 6.28. The molecule has 0 N–H and O–H groups in total. The van der Waals surface area contributed by atoms with Gasteiger partial charge in [-0.25, -0.2) is 4.39 Å². The number of hydrogen-bond acceptors (Lipinski definition) is 2. The normalized spacial score (nSPS) is 20.7. The van der Waals surface area contributed by atoms with Crippen LogP contribution in [0.25, 0.3) is 0 Å². The van der Waals surface area contributed by atoms with Crippen molar-refractivity contribution in [2.24, 2.45) is 0 Å². The lowest BCUT2D eigenvalue weighted by Gasteiger charge is -2.38. The molecule has 0 saturated heterocycles. The molecule has 1 aliphatic heterocycles. The third kappa shape index (κ3) is 2.68. The Kier molecular flexibility index (Phi) is 3.96. The molecule has 2 aromatic rings. The van der Waals surface area contributed by atoms with Gasteiger partial charge in [-0.15, -0.1) is 0 Å². The molecule has 0 radical (unpaired) electrons. The summed E-state index contributed by atoms with van der Waals surface area (Å²) in [5.41, 5.74) is 2.56. The molecule has 2 aromatic carbocycles. The first-order chi connectivity index (χ1) is 12.2. The van der Waals surface area contributed by atoms with Crippen molar-refractivity contribution in [2.75, 3.05) is 4.90 Å². The summed E-state index contributed by atoms with van der Waals surface area (Å²) in [4.78, 5) is 27.3. The van der Waals surface area contributed by atoms with E-state index in [1.54, 1.807) is 23.1 Å². The van der Waals surface area contributed by atoms with E-state index in [4.69, 9.17) is 0 Å². The summed E-state index contributed by atoms with van der Waals surface area (Å²) in [7, 11) is 0. The third-order valence-corrected chi connectivity index (χ3v) is 4.97. The molecule has 1 atom stereocenters. The van der Waals surface area contributed by atoms with Gasteiger partial charge in [-0.05, 0) is 36.6 Å². The monoisotopic (exact) mass is 335 g/mol. The maximum Gasteiger partial charge on any atom is 0.232 e. The molecule has 0 fully saturated rings. The van der Waals surface area contributed by atoms with Gasteiger partial charge in [-0.1, -0.05) is 36.4 Å². The fraction of sp³-hybridized carbons (Fsp3) is 0.238. The van der Waals surface area contributed by atoms with E-state index in [1.165, 1.54) is 6.07 Å². The Bertz CT molecular complexity index is 872. The highest BCUT2D eigenvalue weighted by Gasteiger charge is 2.40. The Hall–Kier alpha value is -2.75. The smallest absolute Gasteiger partial charge is 0.232 e. The molecular weight excluding hydrogens is 317 g/mol. The van der Waals surface area contributed by atoms with Gasteiger partial charge in [-0.3, -0.25) is 14.5 Å². The van der Waals surface area contributed by atoms with Crippen LogP contribution in [0.15, 0.2) is 65.9 Å². The molecule has 2 aliphatic rings. The number of hydrogen-bond donors (Lipinski definition) is 0. The summed E-state index contributed by atoms with van der Waals surface area (Å²) in [6.45, 7) is 0. The molecular formula is C21H18FNO2. The number of ketones is 1. The van der Waals surface area contributed by atoms with Gasteiger partial charge in [-0.2, -0.15) is 0 Å². The van der Waals surface area contributed by atoms with Crippen molar-refractivity contribution < 1.29 is 14.0 Å². The largest absolute Gasteiger partial charge is 0.294 e. The Morgan fingerprint density at radius 1 is 0.920 bits per heavy atom. The van der Waals surface area contributed by atoms with Gasteiger partial charge < -0.3 is 0 Å². The number of nitrogens with zero attached hydrogens (tertiary/aromatic N) is 1. The maximum atomic E-state index is 14.3. The summed E-state index contributed by atoms with van der Waals surface area (Å²) >= 11 is 0. The van der Waals surface area contributed by atoms with Crippen LogP contribution in [0.1, 0.15) is 37.2 Å². The van der Waals surface area contributed by atoms with Gasteiger partial charge in [0.05, 0.1) is 0 Å². The number of carbonyl (C=O) groups excluding carboxylic acids is 2. The number of allylic oxidation sites excluding steroid dienone is 2. The number of carbonyl (C=O) groups is 2. The van der Waals surface area contributed by atoms with Gasteiger partial charge in [0.25, 0.3) is 0 Å². The average Bonchev–Trinajstić information content (AvgIpc) is 2.62. The van der Waals surface area contributed by atoms with E-state index in [0.717, 1.165) is 17.8 Å². The highest BCUT2D eigenvalue weighted by Crippen LogP contribution is 2.43. The van der Waals surface area contributed by atoms with E-state index >= 15 is 0 Å². The van der Waals surface area contributed by atoms with E-state index in [-0.39, 0.29) is 23.9 Å². The number of anilines is 1.